The quantitative estimate of drug-likeness (QED) is 0.419. The third-order valence-corrected chi connectivity index (χ3v) is 4.58. The van der Waals surface area contributed by atoms with Crippen LogP contribution in [-0.2, 0) is 28.9 Å². The number of ether oxygens (including phenoxy) is 1. The number of alkyl halides is 3. The summed E-state index contributed by atoms with van der Waals surface area (Å²) < 4.78 is 49.3. The highest BCUT2D eigenvalue weighted by Crippen LogP contribution is 2.30. The molecule has 2 aromatic heterocycles. The van der Waals surface area contributed by atoms with E-state index in [0.717, 1.165) is 12.1 Å². The normalized spacial score (nSPS) is 11.6. The fraction of sp³-hybridized carbons (Fsp3) is 0.190. The van der Waals surface area contributed by atoms with Gasteiger partial charge in [0.2, 0.25) is 5.82 Å². The minimum Gasteiger partial charge on any atom is -0.456 e. The Kier molecular flexibility index (Phi) is 5.71. The molecule has 0 atom stereocenters. The Morgan fingerprint density at radius 1 is 1.09 bits per heavy atom. The predicted molar refractivity (Wildman–Crippen MR) is 105 cm³/mol. The molecule has 0 radical (unpaired) electrons. The number of carbonyl (C=O) groups excluding carboxylic acids is 1. The number of benzene rings is 2. The van der Waals surface area contributed by atoms with Gasteiger partial charge in [-0.1, -0.05) is 29.4 Å². The van der Waals surface area contributed by atoms with Crippen LogP contribution in [0, 0.1) is 0 Å². The van der Waals surface area contributed by atoms with Gasteiger partial charge in [-0.15, -0.1) is 0 Å². The zero-order valence-electron chi connectivity index (χ0n) is 16.4. The molecule has 0 aliphatic rings. The summed E-state index contributed by atoms with van der Waals surface area (Å²) in [4.78, 5) is 32.6. The molecule has 0 aliphatic carbocycles. The Hall–Kier alpha value is -4.02. The lowest BCUT2D eigenvalue weighted by molar-refractivity contribution is -0.146. The van der Waals surface area contributed by atoms with E-state index in [1.807, 2.05) is 0 Å². The van der Waals surface area contributed by atoms with Crippen LogP contribution in [0.3, 0.4) is 0 Å². The standard InChI is InChI=1S/C21H15F3N4O4/c22-21(23,24)14-7-5-13(6-8-14)19-26-17(32-27-19)11-31-18(29)9-10-28-12-25-16-4-2-1-3-15(16)20(28)30/h1-8,12H,9-11H2. The van der Waals surface area contributed by atoms with Crippen molar-refractivity contribution < 1.29 is 27.2 Å². The Morgan fingerprint density at radius 2 is 1.84 bits per heavy atom. The fourth-order valence-electron chi connectivity index (χ4n) is 2.93. The number of hydrogen-bond acceptors (Lipinski definition) is 7. The monoisotopic (exact) mass is 444 g/mol. The van der Waals surface area contributed by atoms with E-state index >= 15 is 0 Å². The number of nitrogens with zero attached hydrogens (tertiary/aromatic N) is 4. The van der Waals surface area contributed by atoms with Crippen molar-refractivity contribution in [3.63, 3.8) is 0 Å². The molecule has 4 aromatic rings. The highest BCUT2D eigenvalue weighted by atomic mass is 19.4. The van der Waals surface area contributed by atoms with Gasteiger partial charge in [-0.25, -0.2) is 4.98 Å². The Bertz CT molecular complexity index is 1310. The molecule has 164 valence electrons. The van der Waals surface area contributed by atoms with Gasteiger partial charge in [0.1, 0.15) is 0 Å². The van der Waals surface area contributed by atoms with Crippen LogP contribution in [0.2, 0.25) is 0 Å². The van der Waals surface area contributed by atoms with Crippen molar-refractivity contribution in [2.45, 2.75) is 25.7 Å². The minimum absolute atomic E-state index is 0.0159. The number of aryl methyl sites for hydroxylation is 1. The van der Waals surface area contributed by atoms with Crippen LogP contribution in [0.5, 0.6) is 0 Å². The molecule has 2 aromatic carbocycles. The van der Waals surface area contributed by atoms with Crippen LogP contribution in [0.25, 0.3) is 22.3 Å². The van der Waals surface area contributed by atoms with Crippen molar-refractivity contribution in [2.75, 3.05) is 0 Å². The van der Waals surface area contributed by atoms with E-state index in [2.05, 4.69) is 15.1 Å². The second-order valence-corrected chi connectivity index (χ2v) is 6.76. The first kappa shape index (κ1) is 21.2. The van der Waals surface area contributed by atoms with Crippen LogP contribution in [0.1, 0.15) is 17.9 Å². The van der Waals surface area contributed by atoms with Gasteiger partial charge in [-0.3, -0.25) is 14.2 Å². The highest BCUT2D eigenvalue weighted by Gasteiger charge is 2.30. The van der Waals surface area contributed by atoms with Crippen LogP contribution < -0.4 is 5.56 Å². The second kappa shape index (κ2) is 8.61. The van der Waals surface area contributed by atoms with Crippen LogP contribution in [0.15, 0.2) is 64.2 Å². The molecule has 11 heteroatoms. The fourth-order valence-corrected chi connectivity index (χ4v) is 2.93. The summed E-state index contributed by atoms with van der Waals surface area (Å²) >= 11 is 0. The predicted octanol–water partition coefficient (Wildman–Crippen LogP) is 3.60. The van der Waals surface area contributed by atoms with Gasteiger partial charge in [0.25, 0.3) is 11.4 Å². The topological polar surface area (TPSA) is 100 Å². The maximum absolute atomic E-state index is 12.6. The van der Waals surface area contributed by atoms with Crippen molar-refractivity contribution in [2.24, 2.45) is 0 Å². The zero-order valence-corrected chi connectivity index (χ0v) is 16.4. The molecule has 4 rings (SSSR count). The van der Waals surface area contributed by atoms with Gasteiger partial charge in [-0.05, 0) is 24.3 Å². The summed E-state index contributed by atoms with van der Waals surface area (Å²) in [7, 11) is 0. The molecule has 0 saturated carbocycles. The Balaban J connectivity index is 1.33. The number of hydrogen-bond donors (Lipinski definition) is 0. The SMILES string of the molecule is O=C(CCn1cnc2ccccc2c1=O)OCc1nc(-c2ccc(C(F)(F)F)cc2)no1. The lowest BCUT2D eigenvalue weighted by Gasteiger charge is -2.06. The van der Waals surface area contributed by atoms with E-state index < -0.39 is 17.7 Å². The Morgan fingerprint density at radius 3 is 2.59 bits per heavy atom. The van der Waals surface area contributed by atoms with Crippen molar-refractivity contribution in [1.82, 2.24) is 19.7 Å². The number of carbonyl (C=O) groups is 1. The van der Waals surface area contributed by atoms with E-state index in [-0.39, 0.29) is 36.8 Å². The maximum Gasteiger partial charge on any atom is 0.416 e. The van der Waals surface area contributed by atoms with Gasteiger partial charge >= 0.3 is 12.1 Å². The molecular formula is C21H15F3N4O4. The number of halogens is 3. The number of fused-ring (bicyclic) bond motifs is 1. The second-order valence-electron chi connectivity index (χ2n) is 6.76. The highest BCUT2D eigenvalue weighted by molar-refractivity contribution is 5.77. The molecule has 0 unspecified atom stereocenters. The summed E-state index contributed by atoms with van der Waals surface area (Å²) in [6.45, 7) is -0.229. The van der Waals surface area contributed by atoms with Crippen molar-refractivity contribution in [1.29, 1.82) is 0 Å². The molecule has 0 fully saturated rings. The molecule has 0 aliphatic heterocycles. The van der Waals surface area contributed by atoms with Gasteiger partial charge in [0.15, 0.2) is 6.61 Å². The van der Waals surface area contributed by atoms with Gasteiger partial charge in [-0.2, -0.15) is 18.2 Å². The van der Waals surface area contributed by atoms with Crippen LogP contribution in [0.4, 0.5) is 13.2 Å². The molecule has 0 amide bonds. The first-order valence-electron chi connectivity index (χ1n) is 9.41. The molecule has 0 saturated heterocycles. The number of rotatable bonds is 6. The lowest BCUT2D eigenvalue weighted by Crippen LogP contribution is -2.22. The van der Waals surface area contributed by atoms with Crippen LogP contribution in [-0.4, -0.2) is 25.7 Å². The van der Waals surface area contributed by atoms with E-state index in [1.54, 1.807) is 24.3 Å². The average Bonchev–Trinajstić information content (AvgIpc) is 3.26. The summed E-state index contributed by atoms with van der Waals surface area (Å²) in [5, 5.41) is 4.13. The summed E-state index contributed by atoms with van der Waals surface area (Å²) in [5.74, 6) is -0.546. The van der Waals surface area contributed by atoms with Crippen molar-refractivity contribution in [3.8, 4) is 11.4 Å². The third-order valence-electron chi connectivity index (χ3n) is 4.58. The van der Waals surface area contributed by atoms with Crippen molar-refractivity contribution in [3.05, 3.63) is 76.7 Å². The smallest absolute Gasteiger partial charge is 0.416 e. The van der Waals surface area contributed by atoms with Crippen LogP contribution >= 0.6 is 0 Å². The van der Waals surface area contributed by atoms with Crippen molar-refractivity contribution >= 4 is 16.9 Å². The molecule has 8 nitrogen and oxygen atoms in total. The Labute approximate surface area is 178 Å². The van der Waals surface area contributed by atoms with E-state index in [1.165, 1.54) is 23.0 Å². The summed E-state index contributed by atoms with van der Waals surface area (Å²) in [6, 6.07) is 11.1. The number of para-hydroxylation sites is 1. The van der Waals surface area contributed by atoms with E-state index in [9.17, 15) is 22.8 Å². The summed E-state index contributed by atoms with van der Waals surface area (Å²) in [6.07, 6.45) is -3.16. The third kappa shape index (κ3) is 4.66. The molecule has 0 bridgehead atoms. The largest absolute Gasteiger partial charge is 0.456 e. The first-order chi connectivity index (χ1) is 15.3. The maximum atomic E-state index is 12.6. The molecular weight excluding hydrogens is 429 g/mol. The zero-order chi connectivity index (χ0) is 22.7. The molecule has 2 heterocycles. The first-order valence-corrected chi connectivity index (χ1v) is 9.41. The van der Waals surface area contributed by atoms with Gasteiger partial charge in [0, 0.05) is 12.1 Å². The summed E-state index contributed by atoms with van der Waals surface area (Å²) in [5.41, 5.74) is -0.167. The number of esters is 1. The average molecular weight is 444 g/mol. The molecule has 0 spiro atoms. The van der Waals surface area contributed by atoms with Gasteiger partial charge < -0.3 is 9.26 Å². The minimum atomic E-state index is -4.44. The van der Waals surface area contributed by atoms with E-state index in [0.29, 0.717) is 16.5 Å². The molecule has 32 heavy (non-hydrogen) atoms. The molecule has 0 N–H and O–H groups in total. The lowest BCUT2D eigenvalue weighted by atomic mass is 10.1. The van der Waals surface area contributed by atoms with Gasteiger partial charge in [0.05, 0.1) is 29.2 Å². The van der Waals surface area contributed by atoms with E-state index in [4.69, 9.17) is 9.26 Å². The number of aromatic nitrogens is 4.